The van der Waals surface area contributed by atoms with Crippen molar-refractivity contribution in [1.29, 1.82) is 0 Å². The molecule has 1 atom stereocenters. The third-order valence-corrected chi connectivity index (χ3v) is 5.37. The lowest BCUT2D eigenvalue weighted by atomic mass is 9.79. The third kappa shape index (κ3) is 2.95. The van der Waals surface area contributed by atoms with Gasteiger partial charge in [0.05, 0.1) is 7.11 Å². The molecule has 0 spiro atoms. The fraction of sp³-hybridized carbons (Fsp3) is 0.667. The third-order valence-electron chi connectivity index (χ3n) is 5.37. The molecule has 1 saturated carbocycles. The number of rotatable bonds is 5. The highest BCUT2D eigenvalue weighted by Gasteiger charge is 2.35. The standard InChI is InChI=1S/C18H28N2O2/c1-20-10-7-15(12-20)22-16-6-5-14(11-17(16)21-2)18(13-19)8-3-4-9-18/h5-6,11,15H,3-4,7-10,12-13,19H2,1-2H3. The van der Waals surface area contributed by atoms with Gasteiger partial charge in [0, 0.05) is 25.0 Å². The predicted molar refractivity (Wildman–Crippen MR) is 88.7 cm³/mol. The molecule has 4 nitrogen and oxygen atoms in total. The number of ether oxygens (including phenoxy) is 2. The Morgan fingerprint density at radius 2 is 2.05 bits per heavy atom. The van der Waals surface area contributed by atoms with Crippen LogP contribution in [-0.4, -0.2) is 44.8 Å². The second kappa shape index (κ2) is 6.47. The highest BCUT2D eigenvalue weighted by atomic mass is 16.5. The van der Waals surface area contributed by atoms with Crippen molar-refractivity contribution in [3.8, 4) is 11.5 Å². The summed E-state index contributed by atoms with van der Waals surface area (Å²) >= 11 is 0. The largest absolute Gasteiger partial charge is 0.493 e. The van der Waals surface area contributed by atoms with E-state index < -0.39 is 0 Å². The van der Waals surface area contributed by atoms with Crippen molar-refractivity contribution in [3.63, 3.8) is 0 Å². The number of likely N-dealkylation sites (N-methyl/N-ethyl adjacent to an activating group) is 1. The molecule has 4 heteroatoms. The summed E-state index contributed by atoms with van der Waals surface area (Å²) in [5, 5.41) is 0. The molecular formula is C18H28N2O2. The molecule has 0 bridgehead atoms. The van der Waals surface area contributed by atoms with Crippen molar-refractivity contribution in [2.45, 2.75) is 43.6 Å². The molecule has 1 aliphatic carbocycles. The van der Waals surface area contributed by atoms with E-state index in [1.165, 1.54) is 31.2 Å². The fourth-order valence-corrected chi connectivity index (χ4v) is 3.93. The molecular weight excluding hydrogens is 276 g/mol. The SMILES string of the molecule is COc1cc(C2(CN)CCCC2)ccc1OC1CCN(C)C1. The predicted octanol–water partition coefficient (Wildman–Crippen LogP) is 2.55. The quantitative estimate of drug-likeness (QED) is 0.908. The zero-order chi connectivity index (χ0) is 15.6. The van der Waals surface area contributed by atoms with Gasteiger partial charge in [-0.3, -0.25) is 0 Å². The molecule has 0 amide bonds. The Hall–Kier alpha value is -1.26. The van der Waals surface area contributed by atoms with Crippen LogP contribution >= 0.6 is 0 Å². The first-order valence-electron chi connectivity index (χ1n) is 8.41. The molecule has 1 heterocycles. The fourth-order valence-electron chi connectivity index (χ4n) is 3.93. The smallest absolute Gasteiger partial charge is 0.161 e. The molecule has 3 rings (SSSR count). The molecule has 0 radical (unpaired) electrons. The summed E-state index contributed by atoms with van der Waals surface area (Å²) in [6.45, 7) is 2.79. The van der Waals surface area contributed by atoms with Gasteiger partial charge in [-0.1, -0.05) is 18.9 Å². The first kappa shape index (κ1) is 15.6. The minimum Gasteiger partial charge on any atom is -0.493 e. The second-order valence-corrected chi connectivity index (χ2v) is 6.85. The number of benzene rings is 1. The lowest BCUT2D eigenvalue weighted by Gasteiger charge is -2.29. The molecule has 1 unspecified atom stereocenters. The van der Waals surface area contributed by atoms with Crippen LogP contribution in [0.15, 0.2) is 18.2 Å². The Kier molecular flexibility index (Phi) is 4.59. The first-order valence-corrected chi connectivity index (χ1v) is 8.41. The molecule has 2 aliphatic rings. The zero-order valence-electron chi connectivity index (χ0n) is 13.8. The molecule has 1 aliphatic heterocycles. The average Bonchev–Trinajstić information content (AvgIpc) is 3.17. The van der Waals surface area contributed by atoms with E-state index in [1.54, 1.807) is 7.11 Å². The molecule has 2 fully saturated rings. The summed E-state index contributed by atoms with van der Waals surface area (Å²) in [5.41, 5.74) is 7.54. The highest BCUT2D eigenvalue weighted by Crippen LogP contribution is 2.43. The summed E-state index contributed by atoms with van der Waals surface area (Å²) in [4.78, 5) is 2.30. The lowest BCUT2D eigenvalue weighted by molar-refractivity contribution is 0.199. The van der Waals surface area contributed by atoms with E-state index in [9.17, 15) is 0 Å². The number of hydrogen-bond acceptors (Lipinski definition) is 4. The van der Waals surface area contributed by atoms with Gasteiger partial charge < -0.3 is 20.1 Å². The minimum atomic E-state index is 0.138. The molecule has 1 aromatic carbocycles. The lowest BCUT2D eigenvalue weighted by Crippen LogP contribution is -2.32. The van der Waals surface area contributed by atoms with Crippen LogP contribution in [0.25, 0.3) is 0 Å². The Morgan fingerprint density at radius 1 is 1.27 bits per heavy atom. The summed E-state index contributed by atoms with van der Waals surface area (Å²) in [7, 11) is 3.85. The molecule has 0 aromatic heterocycles. The Labute approximate surface area is 133 Å². The number of methoxy groups -OCH3 is 1. The maximum Gasteiger partial charge on any atom is 0.161 e. The average molecular weight is 304 g/mol. The normalized spacial score (nSPS) is 24.6. The summed E-state index contributed by atoms with van der Waals surface area (Å²) < 4.78 is 11.7. The number of likely N-dealkylation sites (tertiary alicyclic amines) is 1. The van der Waals surface area contributed by atoms with Crippen LogP contribution in [0.2, 0.25) is 0 Å². The van der Waals surface area contributed by atoms with E-state index in [0.29, 0.717) is 6.54 Å². The molecule has 22 heavy (non-hydrogen) atoms. The van der Waals surface area contributed by atoms with Gasteiger partial charge in [-0.2, -0.15) is 0 Å². The second-order valence-electron chi connectivity index (χ2n) is 6.85. The van der Waals surface area contributed by atoms with Crippen molar-refractivity contribution < 1.29 is 9.47 Å². The van der Waals surface area contributed by atoms with Crippen molar-refractivity contribution in [2.24, 2.45) is 5.73 Å². The van der Waals surface area contributed by atoms with Gasteiger partial charge in [0.15, 0.2) is 11.5 Å². The highest BCUT2D eigenvalue weighted by molar-refractivity contribution is 5.46. The maximum atomic E-state index is 6.15. The van der Waals surface area contributed by atoms with E-state index in [4.69, 9.17) is 15.2 Å². The van der Waals surface area contributed by atoms with Gasteiger partial charge in [0.2, 0.25) is 0 Å². The van der Waals surface area contributed by atoms with Crippen molar-refractivity contribution in [3.05, 3.63) is 23.8 Å². The van der Waals surface area contributed by atoms with E-state index in [-0.39, 0.29) is 11.5 Å². The molecule has 1 saturated heterocycles. The van der Waals surface area contributed by atoms with Crippen molar-refractivity contribution >= 4 is 0 Å². The number of hydrogen-bond donors (Lipinski definition) is 1. The van der Waals surface area contributed by atoms with E-state index in [2.05, 4.69) is 30.1 Å². The number of nitrogens with zero attached hydrogens (tertiary/aromatic N) is 1. The Bertz CT molecular complexity index is 512. The van der Waals surface area contributed by atoms with Crippen LogP contribution in [0.5, 0.6) is 11.5 Å². The molecule has 122 valence electrons. The number of nitrogens with two attached hydrogens (primary N) is 1. The van der Waals surface area contributed by atoms with E-state index in [1.807, 2.05) is 0 Å². The van der Waals surface area contributed by atoms with E-state index >= 15 is 0 Å². The summed E-state index contributed by atoms with van der Waals surface area (Å²) in [5.74, 6) is 1.70. The molecule has 2 N–H and O–H groups in total. The monoisotopic (exact) mass is 304 g/mol. The topological polar surface area (TPSA) is 47.7 Å². The summed E-state index contributed by atoms with van der Waals surface area (Å²) in [6, 6.07) is 6.41. The Morgan fingerprint density at radius 3 is 2.64 bits per heavy atom. The van der Waals surface area contributed by atoms with Crippen LogP contribution in [0.3, 0.4) is 0 Å². The van der Waals surface area contributed by atoms with Gasteiger partial charge in [0.1, 0.15) is 6.10 Å². The van der Waals surface area contributed by atoms with Crippen LogP contribution in [0.1, 0.15) is 37.7 Å². The van der Waals surface area contributed by atoms with E-state index in [0.717, 1.165) is 31.0 Å². The maximum absolute atomic E-state index is 6.15. The van der Waals surface area contributed by atoms with Crippen LogP contribution < -0.4 is 15.2 Å². The van der Waals surface area contributed by atoms with Crippen LogP contribution in [-0.2, 0) is 5.41 Å². The van der Waals surface area contributed by atoms with Gasteiger partial charge >= 0.3 is 0 Å². The van der Waals surface area contributed by atoms with Gasteiger partial charge in [-0.25, -0.2) is 0 Å². The molecule has 1 aromatic rings. The van der Waals surface area contributed by atoms with Crippen LogP contribution in [0, 0.1) is 0 Å². The van der Waals surface area contributed by atoms with Crippen molar-refractivity contribution in [1.82, 2.24) is 4.90 Å². The minimum absolute atomic E-state index is 0.138. The summed E-state index contributed by atoms with van der Waals surface area (Å²) in [6.07, 6.45) is 6.24. The van der Waals surface area contributed by atoms with Crippen LogP contribution in [0.4, 0.5) is 0 Å². The zero-order valence-corrected chi connectivity index (χ0v) is 13.8. The van der Waals surface area contributed by atoms with Gasteiger partial charge in [-0.05, 0) is 44.0 Å². The Balaban J connectivity index is 1.81. The van der Waals surface area contributed by atoms with Crippen molar-refractivity contribution in [2.75, 3.05) is 33.8 Å². The first-order chi connectivity index (χ1) is 10.7. The van der Waals surface area contributed by atoms with Gasteiger partial charge in [-0.15, -0.1) is 0 Å². The van der Waals surface area contributed by atoms with Gasteiger partial charge in [0.25, 0.3) is 0 Å².